The van der Waals surface area contributed by atoms with Crippen LogP contribution in [0.3, 0.4) is 0 Å². The molecule has 278 valence electrons. The zero-order valence-electron chi connectivity index (χ0n) is 33.0. The van der Waals surface area contributed by atoms with E-state index < -0.39 is 0 Å². The fourth-order valence-corrected chi connectivity index (χ4v) is 9.51. The van der Waals surface area contributed by atoms with E-state index in [1.807, 2.05) is 6.07 Å². The lowest BCUT2D eigenvalue weighted by Gasteiger charge is -2.26. The van der Waals surface area contributed by atoms with Gasteiger partial charge in [-0.3, -0.25) is 0 Å². The predicted octanol–water partition coefficient (Wildman–Crippen LogP) is 15.1. The van der Waals surface area contributed by atoms with E-state index in [-0.39, 0.29) is 5.41 Å². The van der Waals surface area contributed by atoms with Crippen molar-refractivity contribution in [3.63, 3.8) is 0 Å². The Morgan fingerprint density at radius 3 is 1.51 bits per heavy atom. The van der Waals surface area contributed by atoms with Gasteiger partial charge in [0.25, 0.3) is 0 Å². The highest BCUT2D eigenvalue weighted by Crippen LogP contribution is 2.55. The Hall–Kier alpha value is -7.42. The van der Waals surface area contributed by atoms with Crippen LogP contribution in [0.4, 0.5) is 0 Å². The van der Waals surface area contributed by atoms with E-state index in [0.29, 0.717) is 5.82 Å². The molecule has 11 rings (SSSR count). The van der Waals surface area contributed by atoms with Crippen molar-refractivity contribution >= 4 is 21.5 Å². The van der Waals surface area contributed by atoms with Gasteiger partial charge < -0.3 is 0 Å². The van der Waals surface area contributed by atoms with Gasteiger partial charge in [-0.1, -0.05) is 202 Å². The Morgan fingerprint density at radius 2 is 0.780 bits per heavy atom. The molecule has 59 heavy (non-hydrogen) atoms. The quantitative estimate of drug-likeness (QED) is 0.169. The monoisotopic (exact) mass is 752 g/mol. The molecular weight excluding hydrogens is 713 g/mol. The largest absolute Gasteiger partial charge is 0.228 e. The van der Waals surface area contributed by atoms with Crippen molar-refractivity contribution in [1.82, 2.24) is 9.97 Å². The normalized spacial score (nSPS) is 12.7. The first kappa shape index (κ1) is 34.8. The first-order chi connectivity index (χ1) is 29.0. The molecule has 2 nitrogen and oxygen atoms in total. The Morgan fingerprint density at radius 1 is 0.305 bits per heavy atom. The van der Waals surface area contributed by atoms with Crippen LogP contribution in [-0.4, -0.2) is 9.97 Å². The number of hydrogen-bond acceptors (Lipinski definition) is 2. The fraction of sp³-hybridized carbons (Fsp3) is 0.0526. The third kappa shape index (κ3) is 5.87. The van der Waals surface area contributed by atoms with E-state index in [1.165, 1.54) is 60.7 Å². The van der Waals surface area contributed by atoms with Crippen LogP contribution in [0.1, 0.15) is 25.0 Å². The molecule has 0 N–H and O–H groups in total. The molecule has 0 spiro atoms. The summed E-state index contributed by atoms with van der Waals surface area (Å²) < 4.78 is 0. The summed E-state index contributed by atoms with van der Waals surface area (Å²) in [5, 5.41) is 4.93. The predicted molar refractivity (Wildman–Crippen MR) is 247 cm³/mol. The van der Waals surface area contributed by atoms with Gasteiger partial charge in [0.15, 0.2) is 5.82 Å². The molecule has 10 aromatic rings. The summed E-state index contributed by atoms with van der Waals surface area (Å²) in [7, 11) is 0. The van der Waals surface area contributed by atoms with Crippen LogP contribution in [0.25, 0.3) is 100.0 Å². The van der Waals surface area contributed by atoms with Gasteiger partial charge >= 0.3 is 0 Å². The standard InChI is InChI=1S/C57H40N2/c1-57(2)54-44-22-10-9-17-40(44)31-32-50(54)49-26-14-25-48(55(49)57)47-33-34-51(46-24-12-11-23-45(46)47)56-58-52(41-18-7-4-8-19-41)36-53(59-56)43-21-13-20-42(35-43)39-29-27-38(28-30-39)37-15-5-3-6-16-37/h3-36H,1-2H3. The van der Waals surface area contributed by atoms with Gasteiger partial charge in [0.05, 0.1) is 11.4 Å². The zero-order chi connectivity index (χ0) is 39.5. The highest BCUT2D eigenvalue weighted by atomic mass is 14.9. The van der Waals surface area contributed by atoms with Crippen LogP contribution in [-0.2, 0) is 5.41 Å². The molecule has 0 bridgehead atoms. The highest BCUT2D eigenvalue weighted by molar-refractivity contribution is 6.07. The molecule has 1 aliphatic rings. The van der Waals surface area contributed by atoms with Crippen molar-refractivity contribution in [2.45, 2.75) is 19.3 Å². The lowest BCUT2D eigenvalue weighted by molar-refractivity contribution is 0.668. The molecular formula is C57H40N2. The number of hydrogen-bond donors (Lipinski definition) is 0. The van der Waals surface area contributed by atoms with Gasteiger partial charge in [-0.05, 0) is 95.4 Å². The van der Waals surface area contributed by atoms with Crippen LogP contribution >= 0.6 is 0 Å². The summed E-state index contributed by atoms with van der Waals surface area (Å²) >= 11 is 0. The second kappa shape index (κ2) is 13.9. The third-order valence-electron chi connectivity index (χ3n) is 12.3. The van der Waals surface area contributed by atoms with Crippen LogP contribution in [0, 0.1) is 0 Å². The molecule has 2 heteroatoms. The molecule has 9 aromatic carbocycles. The molecule has 1 aromatic heterocycles. The lowest BCUT2D eigenvalue weighted by Crippen LogP contribution is -2.17. The van der Waals surface area contributed by atoms with Gasteiger partial charge in [-0.15, -0.1) is 0 Å². The Kier molecular flexibility index (Phi) is 8.20. The van der Waals surface area contributed by atoms with Gasteiger partial charge in [-0.25, -0.2) is 9.97 Å². The molecule has 0 fully saturated rings. The van der Waals surface area contributed by atoms with E-state index in [0.717, 1.165) is 44.6 Å². The van der Waals surface area contributed by atoms with Gasteiger partial charge in [-0.2, -0.15) is 0 Å². The van der Waals surface area contributed by atoms with Gasteiger partial charge in [0.1, 0.15) is 0 Å². The Bertz CT molecular complexity index is 3220. The maximum atomic E-state index is 5.37. The van der Waals surface area contributed by atoms with Crippen molar-refractivity contribution in [3.8, 4) is 78.4 Å². The Labute approximate surface area is 345 Å². The summed E-state index contributed by atoms with van der Waals surface area (Å²) in [6.45, 7) is 4.78. The molecule has 0 aliphatic heterocycles. The number of fused-ring (bicyclic) bond motifs is 6. The summed E-state index contributed by atoms with van der Waals surface area (Å²) in [5.41, 5.74) is 17.4. The number of aromatic nitrogens is 2. The molecule has 0 unspecified atom stereocenters. The van der Waals surface area contributed by atoms with Gasteiger partial charge in [0, 0.05) is 22.1 Å². The molecule has 1 heterocycles. The molecule has 0 saturated heterocycles. The minimum Gasteiger partial charge on any atom is -0.228 e. The van der Waals surface area contributed by atoms with Crippen LogP contribution in [0.5, 0.6) is 0 Å². The van der Waals surface area contributed by atoms with E-state index >= 15 is 0 Å². The Balaban J connectivity index is 1.04. The molecule has 0 amide bonds. The second-order valence-electron chi connectivity index (χ2n) is 16.1. The van der Waals surface area contributed by atoms with Crippen LogP contribution in [0.15, 0.2) is 206 Å². The minimum absolute atomic E-state index is 0.192. The maximum absolute atomic E-state index is 5.37. The summed E-state index contributed by atoms with van der Waals surface area (Å²) in [5.74, 6) is 0.708. The first-order valence-corrected chi connectivity index (χ1v) is 20.4. The second-order valence-corrected chi connectivity index (χ2v) is 16.1. The molecule has 0 radical (unpaired) electrons. The molecule has 1 aliphatic carbocycles. The molecule has 0 saturated carbocycles. The van der Waals surface area contributed by atoms with E-state index in [9.17, 15) is 0 Å². The number of benzene rings is 9. The summed E-state index contributed by atoms with van der Waals surface area (Å²) in [4.78, 5) is 10.7. The smallest absolute Gasteiger partial charge is 0.161 e. The van der Waals surface area contributed by atoms with Crippen LogP contribution in [0.2, 0.25) is 0 Å². The van der Waals surface area contributed by atoms with Crippen molar-refractivity contribution in [3.05, 3.63) is 217 Å². The van der Waals surface area contributed by atoms with Gasteiger partial charge in [0.2, 0.25) is 0 Å². The minimum atomic E-state index is -0.192. The lowest BCUT2D eigenvalue weighted by atomic mass is 9.77. The van der Waals surface area contributed by atoms with Crippen molar-refractivity contribution in [2.75, 3.05) is 0 Å². The maximum Gasteiger partial charge on any atom is 0.161 e. The fourth-order valence-electron chi connectivity index (χ4n) is 9.51. The van der Waals surface area contributed by atoms with Crippen molar-refractivity contribution in [1.29, 1.82) is 0 Å². The summed E-state index contributed by atoms with van der Waals surface area (Å²) in [6.07, 6.45) is 0. The van der Waals surface area contributed by atoms with Crippen molar-refractivity contribution in [2.24, 2.45) is 0 Å². The highest BCUT2D eigenvalue weighted by Gasteiger charge is 2.39. The van der Waals surface area contributed by atoms with E-state index in [4.69, 9.17) is 9.97 Å². The topological polar surface area (TPSA) is 25.8 Å². The third-order valence-corrected chi connectivity index (χ3v) is 12.3. The number of nitrogens with zero attached hydrogens (tertiary/aromatic N) is 2. The van der Waals surface area contributed by atoms with E-state index in [1.54, 1.807) is 0 Å². The average molecular weight is 753 g/mol. The first-order valence-electron chi connectivity index (χ1n) is 20.4. The van der Waals surface area contributed by atoms with E-state index in [2.05, 4.69) is 214 Å². The zero-order valence-corrected chi connectivity index (χ0v) is 33.0. The SMILES string of the molecule is CC1(C)c2c(cccc2-c2ccc(-c3nc(-c4ccccc4)cc(-c4cccc(-c5ccc(-c6ccccc6)cc5)c4)n3)c3ccccc23)-c2ccc3ccccc3c21. The van der Waals surface area contributed by atoms with Crippen LogP contribution < -0.4 is 0 Å². The molecule has 0 atom stereocenters. The summed E-state index contributed by atoms with van der Waals surface area (Å²) in [6, 6.07) is 74.1. The number of rotatable bonds is 6. The average Bonchev–Trinajstić information content (AvgIpc) is 3.55. The van der Waals surface area contributed by atoms with Crippen molar-refractivity contribution < 1.29 is 0 Å².